The van der Waals surface area contributed by atoms with Gasteiger partial charge in [-0.2, -0.15) is 0 Å². The van der Waals surface area contributed by atoms with Crippen LogP contribution in [0.2, 0.25) is 0 Å². The first-order chi connectivity index (χ1) is 12.2. The highest BCUT2D eigenvalue weighted by atomic mass is 32.2. The summed E-state index contributed by atoms with van der Waals surface area (Å²) in [6.45, 7) is 3.62. The zero-order valence-corrected chi connectivity index (χ0v) is 16.3. The SMILES string of the molecule is COc1ccc(S(=O)(=O)N(C)C)cc1NC(=O)CCc1c(C)noc1C. The quantitative estimate of drug-likeness (QED) is 0.788. The van der Waals surface area contributed by atoms with Crippen LogP contribution in [0, 0.1) is 13.8 Å². The van der Waals surface area contributed by atoms with Gasteiger partial charge in [0.25, 0.3) is 0 Å². The Balaban J connectivity index is 2.18. The van der Waals surface area contributed by atoms with Gasteiger partial charge in [-0.15, -0.1) is 0 Å². The van der Waals surface area contributed by atoms with Gasteiger partial charge in [0.05, 0.1) is 23.4 Å². The summed E-state index contributed by atoms with van der Waals surface area (Å²) >= 11 is 0. The molecule has 1 heterocycles. The molecule has 0 unspecified atom stereocenters. The molecule has 1 aromatic carbocycles. The zero-order chi connectivity index (χ0) is 19.5. The Labute approximate surface area is 153 Å². The molecule has 1 aromatic heterocycles. The van der Waals surface area contributed by atoms with Gasteiger partial charge in [-0.1, -0.05) is 5.16 Å². The third-order valence-electron chi connectivity index (χ3n) is 4.01. The predicted molar refractivity (Wildman–Crippen MR) is 96.8 cm³/mol. The second-order valence-electron chi connectivity index (χ2n) is 6.00. The Morgan fingerprint density at radius 1 is 1.31 bits per heavy atom. The number of aromatic nitrogens is 1. The number of nitrogens with zero attached hydrogens (tertiary/aromatic N) is 2. The molecule has 0 atom stereocenters. The number of hydrogen-bond donors (Lipinski definition) is 1. The van der Waals surface area contributed by atoms with Crippen LogP contribution < -0.4 is 10.1 Å². The van der Waals surface area contributed by atoms with Crippen molar-refractivity contribution in [2.75, 3.05) is 26.5 Å². The van der Waals surface area contributed by atoms with E-state index in [4.69, 9.17) is 9.26 Å². The molecule has 0 aliphatic heterocycles. The van der Waals surface area contributed by atoms with Crippen molar-refractivity contribution in [2.45, 2.75) is 31.6 Å². The van der Waals surface area contributed by atoms with Gasteiger partial charge in [-0.3, -0.25) is 4.79 Å². The van der Waals surface area contributed by atoms with Gasteiger partial charge in [0, 0.05) is 26.1 Å². The molecule has 26 heavy (non-hydrogen) atoms. The van der Waals surface area contributed by atoms with E-state index in [2.05, 4.69) is 10.5 Å². The van der Waals surface area contributed by atoms with E-state index in [-0.39, 0.29) is 17.2 Å². The first-order valence-corrected chi connectivity index (χ1v) is 9.43. The van der Waals surface area contributed by atoms with E-state index in [9.17, 15) is 13.2 Å². The van der Waals surface area contributed by atoms with Gasteiger partial charge < -0.3 is 14.6 Å². The lowest BCUT2D eigenvalue weighted by Gasteiger charge is -2.15. The number of ether oxygens (including phenoxy) is 1. The second kappa shape index (κ2) is 7.88. The molecule has 0 saturated carbocycles. The Kier molecular flexibility index (Phi) is 6.04. The summed E-state index contributed by atoms with van der Waals surface area (Å²) in [6.07, 6.45) is 0.682. The van der Waals surface area contributed by atoms with Crippen molar-refractivity contribution in [1.82, 2.24) is 9.46 Å². The predicted octanol–water partition coefficient (Wildman–Crippen LogP) is 2.12. The number of amides is 1. The first kappa shape index (κ1) is 19.9. The molecule has 0 aliphatic carbocycles. The smallest absolute Gasteiger partial charge is 0.242 e. The van der Waals surface area contributed by atoms with Crippen LogP contribution in [0.1, 0.15) is 23.4 Å². The summed E-state index contributed by atoms with van der Waals surface area (Å²) in [6, 6.07) is 4.34. The second-order valence-corrected chi connectivity index (χ2v) is 8.15. The van der Waals surface area contributed by atoms with Crippen molar-refractivity contribution in [2.24, 2.45) is 0 Å². The maximum Gasteiger partial charge on any atom is 0.242 e. The summed E-state index contributed by atoms with van der Waals surface area (Å²) in [5.74, 6) is 0.808. The van der Waals surface area contributed by atoms with E-state index in [1.807, 2.05) is 6.92 Å². The fourth-order valence-corrected chi connectivity index (χ4v) is 3.39. The van der Waals surface area contributed by atoms with E-state index < -0.39 is 10.0 Å². The van der Waals surface area contributed by atoms with Crippen LogP contribution in [0.5, 0.6) is 5.75 Å². The van der Waals surface area contributed by atoms with Gasteiger partial charge in [-0.25, -0.2) is 12.7 Å². The molecule has 0 aliphatic rings. The summed E-state index contributed by atoms with van der Waals surface area (Å²) in [5, 5.41) is 6.58. The minimum atomic E-state index is -3.61. The van der Waals surface area contributed by atoms with Crippen LogP contribution in [0.15, 0.2) is 27.6 Å². The Hall–Kier alpha value is -2.39. The van der Waals surface area contributed by atoms with Crippen LogP contribution in [-0.2, 0) is 21.2 Å². The van der Waals surface area contributed by atoms with E-state index >= 15 is 0 Å². The Bertz CT molecular complexity index is 884. The summed E-state index contributed by atoms with van der Waals surface area (Å²) < 4.78 is 36.0. The topological polar surface area (TPSA) is 102 Å². The van der Waals surface area contributed by atoms with E-state index in [1.54, 1.807) is 6.92 Å². The number of rotatable bonds is 7. The van der Waals surface area contributed by atoms with Gasteiger partial charge in [-0.05, 0) is 38.5 Å². The van der Waals surface area contributed by atoms with Gasteiger partial charge in [0.2, 0.25) is 15.9 Å². The number of aryl methyl sites for hydroxylation is 2. The fraction of sp³-hybridized carbons (Fsp3) is 0.412. The molecule has 8 nitrogen and oxygen atoms in total. The minimum absolute atomic E-state index is 0.0734. The normalized spacial score (nSPS) is 11.6. The summed E-state index contributed by atoms with van der Waals surface area (Å²) in [4.78, 5) is 12.4. The number of methoxy groups -OCH3 is 1. The highest BCUT2D eigenvalue weighted by Crippen LogP contribution is 2.28. The van der Waals surface area contributed by atoms with E-state index in [1.165, 1.54) is 39.4 Å². The zero-order valence-electron chi connectivity index (χ0n) is 15.5. The summed E-state index contributed by atoms with van der Waals surface area (Å²) in [5.41, 5.74) is 1.96. The first-order valence-electron chi connectivity index (χ1n) is 7.99. The maximum atomic E-state index is 12.3. The lowest BCUT2D eigenvalue weighted by molar-refractivity contribution is -0.116. The average Bonchev–Trinajstić information content (AvgIpc) is 2.91. The van der Waals surface area contributed by atoms with Crippen molar-refractivity contribution in [3.05, 3.63) is 35.2 Å². The van der Waals surface area contributed by atoms with Crippen molar-refractivity contribution in [3.63, 3.8) is 0 Å². The number of anilines is 1. The third kappa shape index (κ3) is 4.23. The minimum Gasteiger partial charge on any atom is -0.495 e. The van der Waals surface area contributed by atoms with Gasteiger partial charge in [0.1, 0.15) is 11.5 Å². The number of sulfonamides is 1. The molecule has 2 aromatic rings. The lowest BCUT2D eigenvalue weighted by atomic mass is 10.1. The molecule has 0 bridgehead atoms. The number of carbonyl (C=O) groups excluding carboxylic acids is 1. The molecule has 142 valence electrons. The van der Waals surface area contributed by atoms with E-state index in [0.29, 0.717) is 23.6 Å². The third-order valence-corrected chi connectivity index (χ3v) is 5.82. The van der Waals surface area contributed by atoms with E-state index in [0.717, 1.165) is 15.6 Å². The lowest BCUT2D eigenvalue weighted by Crippen LogP contribution is -2.22. The number of hydrogen-bond acceptors (Lipinski definition) is 6. The number of carbonyl (C=O) groups is 1. The van der Waals surface area contributed by atoms with Crippen molar-refractivity contribution >= 4 is 21.6 Å². The van der Waals surface area contributed by atoms with Crippen LogP contribution in [0.3, 0.4) is 0 Å². The standard InChI is InChI=1S/C17H23N3O5S/c1-11-14(12(2)25-19-11)7-9-17(21)18-15-10-13(6-8-16(15)24-5)26(22,23)20(3)4/h6,8,10H,7,9H2,1-5H3,(H,18,21). The molecule has 0 radical (unpaired) electrons. The van der Waals surface area contributed by atoms with Crippen molar-refractivity contribution in [3.8, 4) is 5.75 Å². The van der Waals surface area contributed by atoms with Crippen LogP contribution in [0.4, 0.5) is 5.69 Å². The van der Waals surface area contributed by atoms with Crippen LogP contribution in [0.25, 0.3) is 0 Å². The highest BCUT2D eigenvalue weighted by Gasteiger charge is 2.20. The monoisotopic (exact) mass is 381 g/mol. The maximum absolute atomic E-state index is 12.3. The molecule has 0 fully saturated rings. The van der Waals surface area contributed by atoms with Crippen LogP contribution >= 0.6 is 0 Å². The highest BCUT2D eigenvalue weighted by molar-refractivity contribution is 7.89. The summed E-state index contributed by atoms with van der Waals surface area (Å²) in [7, 11) is 0.732. The van der Waals surface area contributed by atoms with Crippen LogP contribution in [-0.4, -0.2) is 45.0 Å². The molecule has 0 spiro atoms. The van der Waals surface area contributed by atoms with Gasteiger partial charge >= 0.3 is 0 Å². The molecular weight excluding hydrogens is 358 g/mol. The molecule has 9 heteroatoms. The molecule has 1 N–H and O–H groups in total. The largest absolute Gasteiger partial charge is 0.495 e. The fourth-order valence-electron chi connectivity index (χ4n) is 2.47. The number of benzene rings is 1. The Morgan fingerprint density at radius 3 is 2.54 bits per heavy atom. The van der Waals surface area contributed by atoms with Crippen molar-refractivity contribution < 1.29 is 22.5 Å². The number of nitrogens with one attached hydrogen (secondary N) is 1. The Morgan fingerprint density at radius 2 is 2.00 bits per heavy atom. The van der Waals surface area contributed by atoms with Crippen molar-refractivity contribution in [1.29, 1.82) is 0 Å². The average molecular weight is 381 g/mol. The molecule has 2 rings (SSSR count). The molecular formula is C17H23N3O5S. The molecule has 1 amide bonds. The van der Waals surface area contributed by atoms with Gasteiger partial charge in [0.15, 0.2) is 0 Å². The molecule has 0 saturated heterocycles.